The van der Waals surface area contributed by atoms with E-state index >= 15 is 0 Å². The average Bonchev–Trinajstić information content (AvgIpc) is 2.42. The predicted octanol–water partition coefficient (Wildman–Crippen LogP) is 2.98. The van der Waals surface area contributed by atoms with E-state index in [4.69, 9.17) is 0 Å². The summed E-state index contributed by atoms with van der Waals surface area (Å²) in [6, 6.07) is 9.97. The van der Waals surface area contributed by atoms with Crippen LogP contribution in [0.3, 0.4) is 0 Å². The maximum atomic E-state index is 10.00. The van der Waals surface area contributed by atoms with Gasteiger partial charge in [0.05, 0.1) is 6.10 Å². The van der Waals surface area contributed by atoms with E-state index < -0.39 is 6.10 Å². The van der Waals surface area contributed by atoms with Crippen LogP contribution >= 0.6 is 15.9 Å². The first-order valence-corrected chi connectivity index (χ1v) is 7.00. The monoisotopic (exact) mass is 320 g/mol. The Bertz CT molecular complexity index is 531. The Kier molecular flexibility index (Phi) is 5.07. The Morgan fingerprint density at radius 1 is 1.37 bits per heavy atom. The Labute approximate surface area is 121 Å². The number of benzene rings is 1. The highest BCUT2D eigenvalue weighted by molar-refractivity contribution is 9.10. The van der Waals surface area contributed by atoms with Crippen molar-refractivity contribution in [3.8, 4) is 0 Å². The van der Waals surface area contributed by atoms with Crippen LogP contribution in [0.5, 0.6) is 0 Å². The molecule has 0 fully saturated rings. The molecule has 100 valence electrons. The van der Waals surface area contributed by atoms with Crippen molar-refractivity contribution in [3.63, 3.8) is 0 Å². The van der Waals surface area contributed by atoms with Gasteiger partial charge in [0.1, 0.15) is 0 Å². The Balaban J connectivity index is 1.86. The lowest BCUT2D eigenvalue weighted by atomic mass is 10.1. The number of aryl methyl sites for hydroxylation is 1. The molecule has 0 aliphatic carbocycles. The van der Waals surface area contributed by atoms with Gasteiger partial charge >= 0.3 is 0 Å². The van der Waals surface area contributed by atoms with Crippen molar-refractivity contribution in [1.29, 1.82) is 0 Å². The summed E-state index contributed by atoms with van der Waals surface area (Å²) in [6.07, 6.45) is 2.86. The molecule has 1 aromatic heterocycles. The van der Waals surface area contributed by atoms with Gasteiger partial charge in [-0.3, -0.25) is 4.98 Å². The smallest absolute Gasteiger partial charge is 0.0929 e. The van der Waals surface area contributed by atoms with Crippen LogP contribution in [0.4, 0.5) is 0 Å². The van der Waals surface area contributed by atoms with Gasteiger partial charge in [0, 0.05) is 35.5 Å². The standard InChI is InChI=1S/C15H17BrN2O/c1-11-4-5-12(14(16)7-11)8-18-10-15(19)13-3-2-6-17-9-13/h2-7,9,15,18-19H,8,10H2,1H3. The fourth-order valence-corrected chi connectivity index (χ4v) is 2.46. The molecule has 2 aromatic rings. The molecule has 19 heavy (non-hydrogen) atoms. The Morgan fingerprint density at radius 2 is 2.21 bits per heavy atom. The highest BCUT2D eigenvalue weighted by atomic mass is 79.9. The number of hydrogen-bond acceptors (Lipinski definition) is 3. The Hall–Kier alpha value is -1.23. The van der Waals surface area contributed by atoms with E-state index in [1.807, 2.05) is 12.1 Å². The van der Waals surface area contributed by atoms with Crippen molar-refractivity contribution in [2.75, 3.05) is 6.54 Å². The molecule has 0 spiro atoms. The van der Waals surface area contributed by atoms with Crippen molar-refractivity contribution < 1.29 is 5.11 Å². The van der Waals surface area contributed by atoms with E-state index in [1.54, 1.807) is 12.4 Å². The van der Waals surface area contributed by atoms with Crippen LogP contribution in [0.2, 0.25) is 0 Å². The molecular weight excluding hydrogens is 304 g/mol. The minimum Gasteiger partial charge on any atom is -0.387 e. The lowest BCUT2D eigenvalue weighted by Crippen LogP contribution is -2.21. The van der Waals surface area contributed by atoms with Crippen LogP contribution in [-0.4, -0.2) is 16.6 Å². The zero-order valence-corrected chi connectivity index (χ0v) is 12.4. The van der Waals surface area contributed by atoms with Crippen LogP contribution in [0.15, 0.2) is 47.2 Å². The quantitative estimate of drug-likeness (QED) is 0.890. The number of halogens is 1. The van der Waals surface area contributed by atoms with Crippen LogP contribution < -0.4 is 5.32 Å². The SMILES string of the molecule is Cc1ccc(CNCC(O)c2cccnc2)c(Br)c1. The molecular formula is C15H17BrN2O. The van der Waals surface area contributed by atoms with Crippen LogP contribution in [0.25, 0.3) is 0 Å². The number of pyridine rings is 1. The predicted molar refractivity (Wildman–Crippen MR) is 79.8 cm³/mol. The third-order valence-electron chi connectivity index (χ3n) is 2.93. The third-order valence-corrected chi connectivity index (χ3v) is 3.67. The first-order chi connectivity index (χ1) is 9.16. The summed E-state index contributed by atoms with van der Waals surface area (Å²) in [5.74, 6) is 0. The number of aliphatic hydroxyl groups is 1. The van der Waals surface area contributed by atoms with Crippen LogP contribution in [0.1, 0.15) is 22.8 Å². The van der Waals surface area contributed by atoms with Crippen molar-refractivity contribution in [2.24, 2.45) is 0 Å². The first-order valence-electron chi connectivity index (χ1n) is 6.20. The van der Waals surface area contributed by atoms with Crippen LogP contribution in [-0.2, 0) is 6.54 Å². The van der Waals surface area contributed by atoms with E-state index in [-0.39, 0.29) is 0 Å². The lowest BCUT2D eigenvalue weighted by Gasteiger charge is -2.12. The van der Waals surface area contributed by atoms with E-state index in [0.29, 0.717) is 6.54 Å². The highest BCUT2D eigenvalue weighted by Crippen LogP contribution is 2.18. The molecule has 0 bridgehead atoms. The molecule has 0 saturated heterocycles. The fraction of sp³-hybridized carbons (Fsp3) is 0.267. The number of aromatic nitrogens is 1. The molecule has 2 N–H and O–H groups in total. The summed E-state index contributed by atoms with van der Waals surface area (Å²) in [6.45, 7) is 3.29. The van der Waals surface area contributed by atoms with E-state index in [1.165, 1.54) is 11.1 Å². The van der Waals surface area contributed by atoms with Gasteiger partial charge in [0.25, 0.3) is 0 Å². The zero-order valence-electron chi connectivity index (χ0n) is 10.8. The summed E-state index contributed by atoms with van der Waals surface area (Å²) >= 11 is 3.55. The summed E-state index contributed by atoms with van der Waals surface area (Å²) in [5.41, 5.74) is 3.24. The second-order valence-electron chi connectivity index (χ2n) is 4.53. The summed E-state index contributed by atoms with van der Waals surface area (Å²) in [7, 11) is 0. The molecule has 0 amide bonds. The fourth-order valence-electron chi connectivity index (χ4n) is 1.83. The van der Waals surface area contributed by atoms with Gasteiger partial charge in [-0.1, -0.05) is 34.1 Å². The number of aliphatic hydroxyl groups excluding tert-OH is 1. The molecule has 0 aliphatic heterocycles. The second-order valence-corrected chi connectivity index (χ2v) is 5.38. The minimum atomic E-state index is -0.530. The van der Waals surface area contributed by atoms with Crippen molar-refractivity contribution in [2.45, 2.75) is 19.6 Å². The third kappa shape index (κ3) is 4.13. The molecule has 1 heterocycles. The molecule has 4 heteroatoms. The van der Waals surface area contributed by atoms with E-state index in [9.17, 15) is 5.11 Å². The van der Waals surface area contributed by atoms with Crippen LogP contribution in [0, 0.1) is 6.92 Å². The average molecular weight is 321 g/mol. The summed E-state index contributed by atoms with van der Waals surface area (Å²) in [5, 5.41) is 13.3. The molecule has 2 rings (SSSR count). The molecule has 1 atom stereocenters. The maximum absolute atomic E-state index is 10.00. The molecule has 0 radical (unpaired) electrons. The molecule has 0 aliphatic rings. The molecule has 1 aromatic carbocycles. The van der Waals surface area contributed by atoms with Gasteiger partial charge < -0.3 is 10.4 Å². The van der Waals surface area contributed by atoms with E-state index in [2.05, 4.69) is 51.4 Å². The van der Waals surface area contributed by atoms with Crippen molar-refractivity contribution in [1.82, 2.24) is 10.3 Å². The van der Waals surface area contributed by atoms with Gasteiger partial charge in [-0.2, -0.15) is 0 Å². The number of nitrogens with one attached hydrogen (secondary N) is 1. The van der Waals surface area contributed by atoms with Gasteiger partial charge in [-0.05, 0) is 30.2 Å². The van der Waals surface area contributed by atoms with Gasteiger partial charge in [-0.15, -0.1) is 0 Å². The molecule has 0 saturated carbocycles. The van der Waals surface area contributed by atoms with Gasteiger partial charge in [0.15, 0.2) is 0 Å². The molecule has 1 unspecified atom stereocenters. The number of rotatable bonds is 5. The summed E-state index contributed by atoms with van der Waals surface area (Å²) in [4.78, 5) is 4.00. The maximum Gasteiger partial charge on any atom is 0.0929 e. The van der Waals surface area contributed by atoms with Gasteiger partial charge in [-0.25, -0.2) is 0 Å². The zero-order chi connectivity index (χ0) is 13.7. The van der Waals surface area contributed by atoms with Gasteiger partial charge in [0.2, 0.25) is 0 Å². The Morgan fingerprint density at radius 3 is 2.89 bits per heavy atom. The molecule has 3 nitrogen and oxygen atoms in total. The number of hydrogen-bond donors (Lipinski definition) is 2. The van der Waals surface area contributed by atoms with E-state index in [0.717, 1.165) is 16.6 Å². The minimum absolute atomic E-state index is 0.506. The van der Waals surface area contributed by atoms with Crippen molar-refractivity contribution >= 4 is 15.9 Å². The largest absolute Gasteiger partial charge is 0.387 e. The first kappa shape index (κ1) is 14.2. The normalized spacial score (nSPS) is 12.4. The number of nitrogens with zero attached hydrogens (tertiary/aromatic N) is 1. The summed E-state index contributed by atoms with van der Waals surface area (Å²) < 4.78 is 1.09. The highest BCUT2D eigenvalue weighted by Gasteiger charge is 2.07. The van der Waals surface area contributed by atoms with Crippen molar-refractivity contribution in [3.05, 3.63) is 63.9 Å². The topological polar surface area (TPSA) is 45.1 Å². The second kappa shape index (κ2) is 6.80. The lowest BCUT2D eigenvalue weighted by molar-refractivity contribution is 0.174.